The van der Waals surface area contributed by atoms with Crippen LogP contribution >= 0.6 is 0 Å². The number of anilines is 1. The summed E-state index contributed by atoms with van der Waals surface area (Å²) >= 11 is 0. The largest absolute Gasteiger partial charge is 0.357 e. The number of hydrogen-bond acceptors (Lipinski definition) is 3. The summed E-state index contributed by atoms with van der Waals surface area (Å²) in [7, 11) is 1.88. The van der Waals surface area contributed by atoms with Crippen LogP contribution in [0.4, 0.5) is 5.82 Å². The van der Waals surface area contributed by atoms with Crippen molar-refractivity contribution in [2.24, 2.45) is 4.99 Å². The molecule has 2 aliphatic rings. The van der Waals surface area contributed by atoms with Crippen LogP contribution < -0.4 is 10.2 Å². The van der Waals surface area contributed by atoms with Crippen molar-refractivity contribution < 1.29 is 0 Å². The summed E-state index contributed by atoms with van der Waals surface area (Å²) in [5.41, 5.74) is 2.69. The molecule has 3 heterocycles. The van der Waals surface area contributed by atoms with Gasteiger partial charge in [0.2, 0.25) is 0 Å². The number of benzene rings is 1. The molecule has 4 rings (SSSR count). The maximum Gasteiger partial charge on any atom is 0.193 e. The van der Waals surface area contributed by atoms with Crippen LogP contribution in [0.15, 0.2) is 53.7 Å². The second-order valence-electron chi connectivity index (χ2n) is 7.81. The van der Waals surface area contributed by atoms with Gasteiger partial charge in [0.25, 0.3) is 0 Å². The average molecular weight is 378 g/mol. The lowest BCUT2D eigenvalue weighted by atomic mass is 9.99. The molecule has 0 amide bonds. The van der Waals surface area contributed by atoms with Crippen molar-refractivity contribution in [1.29, 1.82) is 0 Å². The van der Waals surface area contributed by atoms with E-state index in [2.05, 4.69) is 67.6 Å². The lowest BCUT2D eigenvalue weighted by Gasteiger charge is -2.28. The zero-order valence-electron chi connectivity index (χ0n) is 16.8. The van der Waals surface area contributed by atoms with Gasteiger partial charge in [-0.25, -0.2) is 4.98 Å². The van der Waals surface area contributed by atoms with Crippen molar-refractivity contribution >= 4 is 11.8 Å². The van der Waals surface area contributed by atoms with Gasteiger partial charge in [-0.15, -0.1) is 0 Å². The summed E-state index contributed by atoms with van der Waals surface area (Å²) in [4.78, 5) is 13.9. The highest BCUT2D eigenvalue weighted by Gasteiger charge is 2.25. The zero-order chi connectivity index (χ0) is 19.2. The van der Waals surface area contributed by atoms with E-state index in [0.717, 1.165) is 44.5 Å². The highest BCUT2D eigenvalue weighted by molar-refractivity contribution is 5.80. The minimum atomic E-state index is 0.589. The normalized spacial score (nSPS) is 20.5. The van der Waals surface area contributed by atoms with Crippen LogP contribution in [0.3, 0.4) is 0 Å². The smallest absolute Gasteiger partial charge is 0.193 e. The third-order valence-corrected chi connectivity index (χ3v) is 5.91. The Morgan fingerprint density at radius 3 is 2.71 bits per heavy atom. The molecule has 0 radical (unpaired) electrons. The molecule has 28 heavy (non-hydrogen) atoms. The molecule has 0 saturated carbocycles. The number of aromatic nitrogens is 1. The minimum absolute atomic E-state index is 0.589. The Kier molecular flexibility index (Phi) is 6.10. The lowest BCUT2D eigenvalue weighted by Crippen LogP contribution is -2.39. The molecule has 0 spiro atoms. The lowest BCUT2D eigenvalue weighted by molar-refractivity contribution is 0.486. The Hall–Kier alpha value is -2.56. The maximum atomic E-state index is 4.59. The predicted molar refractivity (Wildman–Crippen MR) is 116 cm³/mol. The summed E-state index contributed by atoms with van der Waals surface area (Å²) in [6, 6.07) is 15.2. The van der Waals surface area contributed by atoms with E-state index in [9.17, 15) is 0 Å². The Morgan fingerprint density at radius 1 is 1.11 bits per heavy atom. The summed E-state index contributed by atoms with van der Waals surface area (Å²) in [6.45, 7) is 5.11. The quantitative estimate of drug-likeness (QED) is 0.653. The molecule has 1 N–H and O–H groups in total. The van der Waals surface area contributed by atoms with Crippen molar-refractivity contribution in [1.82, 2.24) is 15.2 Å². The van der Waals surface area contributed by atoms with Crippen LogP contribution in [-0.2, 0) is 6.54 Å². The Morgan fingerprint density at radius 2 is 1.93 bits per heavy atom. The van der Waals surface area contributed by atoms with E-state index in [-0.39, 0.29) is 0 Å². The van der Waals surface area contributed by atoms with E-state index in [0.29, 0.717) is 5.92 Å². The van der Waals surface area contributed by atoms with Crippen LogP contribution in [0, 0.1) is 0 Å². The predicted octanol–water partition coefficient (Wildman–Crippen LogP) is 3.64. The molecule has 2 aliphatic heterocycles. The molecular weight excluding hydrogens is 346 g/mol. The number of likely N-dealkylation sites (tertiary alicyclic amines) is 1. The molecule has 1 unspecified atom stereocenters. The van der Waals surface area contributed by atoms with Crippen molar-refractivity contribution in [3.05, 3.63) is 59.8 Å². The molecular formula is C23H31N5. The third kappa shape index (κ3) is 4.46. The Labute approximate surface area is 168 Å². The second-order valence-corrected chi connectivity index (χ2v) is 7.81. The molecule has 1 aromatic heterocycles. The summed E-state index contributed by atoms with van der Waals surface area (Å²) < 4.78 is 0. The van der Waals surface area contributed by atoms with E-state index in [1.165, 1.54) is 36.8 Å². The number of rotatable bonds is 4. The van der Waals surface area contributed by atoms with Gasteiger partial charge < -0.3 is 15.1 Å². The Bertz CT molecular complexity index is 783. The molecule has 0 bridgehead atoms. The molecule has 1 aromatic carbocycles. The van der Waals surface area contributed by atoms with Gasteiger partial charge in [0, 0.05) is 51.9 Å². The van der Waals surface area contributed by atoms with Gasteiger partial charge in [-0.3, -0.25) is 4.99 Å². The third-order valence-electron chi connectivity index (χ3n) is 5.91. The molecule has 2 aromatic rings. The first kappa shape index (κ1) is 18.8. The first-order chi connectivity index (χ1) is 13.8. The first-order valence-electron chi connectivity index (χ1n) is 10.5. The standard InChI is InChI=1S/C23H31N5/c1-24-23(28-15-11-21(18-28)20-8-4-2-5-9-20)26-17-19-10-12-25-22(16-19)27-13-6-3-7-14-27/h2,4-5,8-10,12,16,21H,3,6-7,11,13-15,17-18H2,1H3,(H,24,26). The fourth-order valence-electron chi connectivity index (χ4n) is 4.33. The molecule has 5 heteroatoms. The van der Waals surface area contributed by atoms with Crippen LogP contribution in [-0.4, -0.2) is 49.1 Å². The number of nitrogens with zero attached hydrogens (tertiary/aromatic N) is 4. The molecule has 2 saturated heterocycles. The number of piperidine rings is 1. The SMILES string of the molecule is CN=C(NCc1ccnc(N2CCCCC2)c1)N1CCC(c2ccccc2)C1. The van der Waals surface area contributed by atoms with Crippen LogP contribution in [0.2, 0.25) is 0 Å². The van der Waals surface area contributed by atoms with Gasteiger partial charge in [-0.05, 0) is 48.9 Å². The van der Waals surface area contributed by atoms with Crippen molar-refractivity contribution in [3.8, 4) is 0 Å². The number of nitrogens with one attached hydrogen (secondary N) is 1. The highest BCUT2D eigenvalue weighted by Crippen LogP contribution is 2.27. The first-order valence-corrected chi connectivity index (χ1v) is 10.5. The van der Waals surface area contributed by atoms with Crippen LogP contribution in [0.25, 0.3) is 0 Å². The van der Waals surface area contributed by atoms with Crippen molar-refractivity contribution in [3.63, 3.8) is 0 Å². The summed E-state index contributed by atoms with van der Waals surface area (Å²) in [5.74, 6) is 2.69. The highest BCUT2D eigenvalue weighted by atomic mass is 15.3. The number of guanidine groups is 1. The number of hydrogen-bond donors (Lipinski definition) is 1. The van der Waals surface area contributed by atoms with E-state index in [4.69, 9.17) is 0 Å². The van der Waals surface area contributed by atoms with Crippen molar-refractivity contribution in [2.45, 2.75) is 38.1 Å². The summed E-state index contributed by atoms with van der Waals surface area (Å²) in [6.07, 6.45) is 7.00. The van der Waals surface area contributed by atoms with Gasteiger partial charge in [0.1, 0.15) is 5.82 Å². The number of pyridine rings is 1. The summed E-state index contributed by atoms with van der Waals surface area (Å²) in [5, 5.41) is 3.56. The van der Waals surface area contributed by atoms with Gasteiger partial charge in [0.05, 0.1) is 0 Å². The van der Waals surface area contributed by atoms with Gasteiger partial charge >= 0.3 is 0 Å². The van der Waals surface area contributed by atoms with Gasteiger partial charge in [-0.2, -0.15) is 0 Å². The molecule has 2 fully saturated rings. The number of aliphatic imine (C=N–C) groups is 1. The zero-order valence-corrected chi connectivity index (χ0v) is 16.8. The van der Waals surface area contributed by atoms with E-state index >= 15 is 0 Å². The van der Waals surface area contributed by atoms with Crippen LogP contribution in [0.5, 0.6) is 0 Å². The average Bonchev–Trinajstić information content (AvgIpc) is 3.26. The molecule has 0 aliphatic carbocycles. The van der Waals surface area contributed by atoms with Crippen LogP contribution in [0.1, 0.15) is 42.7 Å². The van der Waals surface area contributed by atoms with E-state index in [1.54, 1.807) is 0 Å². The van der Waals surface area contributed by atoms with Crippen molar-refractivity contribution in [2.75, 3.05) is 38.1 Å². The second kappa shape index (κ2) is 9.09. The Balaban J connectivity index is 1.35. The van der Waals surface area contributed by atoms with E-state index in [1.807, 2.05) is 13.2 Å². The monoisotopic (exact) mass is 377 g/mol. The topological polar surface area (TPSA) is 43.8 Å². The van der Waals surface area contributed by atoms with E-state index < -0.39 is 0 Å². The fraction of sp³-hybridized carbons (Fsp3) is 0.478. The molecule has 1 atom stereocenters. The van der Waals surface area contributed by atoms with Gasteiger partial charge in [0.15, 0.2) is 5.96 Å². The maximum absolute atomic E-state index is 4.59. The molecule has 148 valence electrons. The molecule has 5 nitrogen and oxygen atoms in total. The minimum Gasteiger partial charge on any atom is -0.357 e. The fourth-order valence-corrected chi connectivity index (χ4v) is 4.33. The van der Waals surface area contributed by atoms with Gasteiger partial charge in [-0.1, -0.05) is 30.3 Å².